The Morgan fingerprint density at radius 3 is 3.07 bits per heavy atom. The third-order valence-corrected chi connectivity index (χ3v) is 2.38. The fourth-order valence-corrected chi connectivity index (χ4v) is 1.43. The van der Waals surface area contributed by atoms with Crippen LogP contribution in [0.5, 0.6) is 0 Å². The van der Waals surface area contributed by atoms with Crippen LogP contribution < -0.4 is 0 Å². The van der Waals surface area contributed by atoms with Crippen LogP contribution in [0.1, 0.15) is 40.0 Å². The molecule has 0 aromatic carbocycles. The smallest absolute Gasteiger partial charge is 0.107 e. The largest absolute Gasteiger partial charge is 0.469 e. The lowest BCUT2D eigenvalue weighted by Gasteiger charge is -2.16. The molecule has 0 radical (unpaired) electrons. The monoisotopic (exact) mass is 192 g/mol. The van der Waals surface area contributed by atoms with Gasteiger partial charge in [0.05, 0.1) is 6.26 Å². The summed E-state index contributed by atoms with van der Waals surface area (Å²) in [6, 6.07) is 0. The van der Waals surface area contributed by atoms with E-state index < -0.39 is 0 Å². The number of allylic oxidation sites excluding steroid dienone is 5. The standard InChI is InChI=1S/C13H20O/c1-4-5-6-9-14-13-10-11(2)7-8-12(13)3/h6-9,11H,4-5,10H2,1-3H3/b9-6+. The van der Waals surface area contributed by atoms with Crippen molar-refractivity contribution < 1.29 is 4.74 Å². The van der Waals surface area contributed by atoms with Crippen molar-refractivity contribution >= 4 is 0 Å². The van der Waals surface area contributed by atoms with Gasteiger partial charge in [-0.2, -0.15) is 0 Å². The molecule has 1 aliphatic carbocycles. The van der Waals surface area contributed by atoms with Crippen molar-refractivity contribution in [3.63, 3.8) is 0 Å². The molecule has 1 heteroatoms. The average molecular weight is 192 g/mol. The van der Waals surface area contributed by atoms with E-state index in [2.05, 4.69) is 39.0 Å². The summed E-state index contributed by atoms with van der Waals surface area (Å²) < 4.78 is 5.62. The van der Waals surface area contributed by atoms with Gasteiger partial charge in [0.25, 0.3) is 0 Å². The van der Waals surface area contributed by atoms with Crippen LogP contribution in [0.15, 0.2) is 35.8 Å². The molecular weight excluding hydrogens is 172 g/mol. The van der Waals surface area contributed by atoms with E-state index in [1.54, 1.807) is 0 Å². The van der Waals surface area contributed by atoms with Crippen molar-refractivity contribution in [2.75, 3.05) is 0 Å². The number of ether oxygens (including phenoxy) is 1. The molecule has 1 nitrogen and oxygen atoms in total. The number of hydrogen-bond donors (Lipinski definition) is 0. The molecule has 0 heterocycles. The molecule has 0 bridgehead atoms. The van der Waals surface area contributed by atoms with Crippen LogP contribution in [0.2, 0.25) is 0 Å². The Morgan fingerprint density at radius 2 is 2.36 bits per heavy atom. The normalized spacial score (nSPS) is 22.1. The minimum Gasteiger partial charge on any atom is -0.469 e. The van der Waals surface area contributed by atoms with Crippen LogP contribution in [-0.2, 0) is 4.74 Å². The lowest BCUT2D eigenvalue weighted by molar-refractivity contribution is 0.314. The molecule has 14 heavy (non-hydrogen) atoms. The maximum Gasteiger partial charge on any atom is 0.107 e. The molecule has 0 saturated carbocycles. The summed E-state index contributed by atoms with van der Waals surface area (Å²) in [7, 11) is 0. The third-order valence-electron chi connectivity index (χ3n) is 2.38. The van der Waals surface area contributed by atoms with E-state index in [1.165, 1.54) is 12.0 Å². The maximum absolute atomic E-state index is 5.62. The quantitative estimate of drug-likeness (QED) is 0.607. The van der Waals surface area contributed by atoms with Crippen LogP contribution >= 0.6 is 0 Å². The molecule has 0 spiro atoms. The van der Waals surface area contributed by atoms with Gasteiger partial charge in [-0.3, -0.25) is 0 Å². The van der Waals surface area contributed by atoms with E-state index in [9.17, 15) is 0 Å². The van der Waals surface area contributed by atoms with Gasteiger partial charge in [0.2, 0.25) is 0 Å². The van der Waals surface area contributed by atoms with Crippen molar-refractivity contribution in [2.45, 2.75) is 40.0 Å². The molecule has 1 aliphatic rings. The second-order valence-corrected chi connectivity index (χ2v) is 3.93. The maximum atomic E-state index is 5.62. The Bertz CT molecular complexity index is 258. The highest BCUT2D eigenvalue weighted by Gasteiger charge is 2.10. The van der Waals surface area contributed by atoms with Gasteiger partial charge in [0.1, 0.15) is 5.76 Å². The van der Waals surface area contributed by atoms with Crippen molar-refractivity contribution in [1.82, 2.24) is 0 Å². The second kappa shape index (κ2) is 5.69. The Kier molecular flexibility index (Phi) is 4.51. The summed E-state index contributed by atoms with van der Waals surface area (Å²) in [6.07, 6.45) is 11.6. The Labute approximate surface area is 87.2 Å². The molecule has 0 aromatic rings. The Balaban J connectivity index is 2.46. The van der Waals surface area contributed by atoms with Crippen LogP contribution in [0, 0.1) is 5.92 Å². The van der Waals surface area contributed by atoms with Gasteiger partial charge >= 0.3 is 0 Å². The van der Waals surface area contributed by atoms with Crippen LogP contribution in [0.4, 0.5) is 0 Å². The van der Waals surface area contributed by atoms with Crippen molar-refractivity contribution in [3.8, 4) is 0 Å². The van der Waals surface area contributed by atoms with Crippen molar-refractivity contribution in [3.05, 3.63) is 35.8 Å². The first-order valence-corrected chi connectivity index (χ1v) is 5.43. The Hall–Kier alpha value is -0.980. The minimum absolute atomic E-state index is 0.605. The van der Waals surface area contributed by atoms with Gasteiger partial charge in [0, 0.05) is 6.42 Å². The van der Waals surface area contributed by atoms with E-state index >= 15 is 0 Å². The van der Waals surface area contributed by atoms with Crippen molar-refractivity contribution in [1.29, 1.82) is 0 Å². The molecular formula is C13H20O. The molecule has 0 fully saturated rings. The molecule has 0 amide bonds. The topological polar surface area (TPSA) is 9.23 Å². The van der Waals surface area contributed by atoms with Crippen LogP contribution in [0.3, 0.4) is 0 Å². The summed E-state index contributed by atoms with van der Waals surface area (Å²) in [4.78, 5) is 0. The van der Waals surface area contributed by atoms with Crippen molar-refractivity contribution in [2.24, 2.45) is 5.92 Å². The summed E-state index contributed by atoms with van der Waals surface area (Å²) in [5.41, 5.74) is 1.25. The SMILES string of the molecule is CCC/C=C/OC1=C(C)C=CC(C)C1. The molecule has 1 atom stereocenters. The fourth-order valence-electron chi connectivity index (χ4n) is 1.43. The van der Waals surface area contributed by atoms with Gasteiger partial charge in [-0.1, -0.05) is 32.4 Å². The zero-order chi connectivity index (χ0) is 10.4. The predicted octanol–water partition coefficient (Wildman–Crippen LogP) is 4.19. The number of rotatable bonds is 4. The van der Waals surface area contributed by atoms with Crippen LogP contribution in [-0.4, -0.2) is 0 Å². The van der Waals surface area contributed by atoms with E-state index in [1.807, 2.05) is 6.26 Å². The van der Waals surface area contributed by atoms with E-state index in [4.69, 9.17) is 4.74 Å². The second-order valence-electron chi connectivity index (χ2n) is 3.93. The molecule has 0 saturated heterocycles. The highest BCUT2D eigenvalue weighted by atomic mass is 16.5. The van der Waals surface area contributed by atoms with Gasteiger partial charge in [-0.25, -0.2) is 0 Å². The Morgan fingerprint density at radius 1 is 1.57 bits per heavy atom. The zero-order valence-corrected chi connectivity index (χ0v) is 9.42. The van der Waals surface area contributed by atoms with Crippen LogP contribution in [0.25, 0.3) is 0 Å². The first kappa shape index (κ1) is 11.1. The average Bonchev–Trinajstić information content (AvgIpc) is 2.18. The predicted molar refractivity (Wildman–Crippen MR) is 60.8 cm³/mol. The highest BCUT2D eigenvalue weighted by Crippen LogP contribution is 2.23. The lowest BCUT2D eigenvalue weighted by atomic mass is 9.97. The highest BCUT2D eigenvalue weighted by molar-refractivity contribution is 5.25. The lowest BCUT2D eigenvalue weighted by Crippen LogP contribution is -2.01. The van der Waals surface area contributed by atoms with Gasteiger partial charge in [-0.15, -0.1) is 0 Å². The molecule has 1 unspecified atom stereocenters. The zero-order valence-electron chi connectivity index (χ0n) is 9.42. The van der Waals surface area contributed by atoms with E-state index in [0.717, 1.165) is 18.6 Å². The van der Waals surface area contributed by atoms with E-state index in [-0.39, 0.29) is 0 Å². The molecule has 0 aliphatic heterocycles. The molecule has 0 aromatic heterocycles. The first-order valence-electron chi connectivity index (χ1n) is 5.43. The third kappa shape index (κ3) is 3.41. The number of unbranched alkanes of at least 4 members (excludes halogenated alkanes) is 1. The molecule has 0 N–H and O–H groups in total. The summed E-state index contributed by atoms with van der Waals surface area (Å²) in [5, 5.41) is 0. The first-order chi connectivity index (χ1) is 6.74. The van der Waals surface area contributed by atoms with Gasteiger partial charge in [0.15, 0.2) is 0 Å². The fraction of sp³-hybridized carbons (Fsp3) is 0.538. The molecule has 1 rings (SSSR count). The summed E-state index contributed by atoms with van der Waals surface area (Å²) in [6.45, 7) is 6.48. The van der Waals surface area contributed by atoms with Gasteiger partial charge in [-0.05, 0) is 30.9 Å². The molecule has 78 valence electrons. The van der Waals surface area contributed by atoms with E-state index in [0.29, 0.717) is 5.92 Å². The number of hydrogen-bond acceptors (Lipinski definition) is 1. The summed E-state index contributed by atoms with van der Waals surface area (Å²) >= 11 is 0. The van der Waals surface area contributed by atoms with Gasteiger partial charge < -0.3 is 4.74 Å². The summed E-state index contributed by atoms with van der Waals surface area (Å²) in [5.74, 6) is 1.72. The minimum atomic E-state index is 0.605.